The number of carbonyl (C=O) groups is 1. The van der Waals surface area contributed by atoms with E-state index in [0.717, 1.165) is 22.5 Å². The predicted molar refractivity (Wildman–Crippen MR) is 94.2 cm³/mol. The van der Waals surface area contributed by atoms with E-state index in [1.807, 2.05) is 51.1 Å². The van der Waals surface area contributed by atoms with Crippen LogP contribution in [-0.2, 0) is 0 Å². The average Bonchev–Trinajstić information content (AvgIpc) is 2.95. The Morgan fingerprint density at radius 1 is 1.08 bits per heavy atom. The molecule has 0 amide bonds. The molecule has 0 fully saturated rings. The van der Waals surface area contributed by atoms with E-state index >= 15 is 0 Å². The monoisotopic (exact) mass is 340 g/mol. The zero-order chi connectivity index (χ0) is 17.3. The van der Waals surface area contributed by atoms with E-state index in [1.54, 1.807) is 16.8 Å². The Morgan fingerprint density at radius 2 is 1.71 bits per heavy atom. The highest BCUT2D eigenvalue weighted by Gasteiger charge is 2.18. The van der Waals surface area contributed by atoms with Crippen LogP contribution >= 0.6 is 11.6 Å². The van der Waals surface area contributed by atoms with Gasteiger partial charge in [-0.2, -0.15) is 5.10 Å². The van der Waals surface area contributed by atoms with Gasteiger partial charge < -0.3 is 4.74 Å². The first-order valence-corrected chi connectivity index (χ1v) is 7.94. The highest BCUT2D eigenvalue weighted by atomic mass is 35.5. The summed E-state index contributed by atoms with van der Waals surface area (Å²) in [5.74, 6) is 0.0436. The smallest absolute Gasteiger partial charge is 0.347 e. The summed E-state index contributed by atoms with van der Waals surface area (Å²) in [4.78, 5) is 12.5. The second kappa shape index (κ2) is 6.49. The van der Waals surface area contributed by atoms with E-state index < -0.39 is 5.97 Å². The molecule has 0 bridgehead atoms. The average molecular weight is 341 g/mol. The van der Waals surface area contributed by atoms with E-state index in [9.17, 15) is 4.79 Å². The minimum absolute atomic E-state index is 0.434. The topological polar surface area (TPSA) is 44.1 Å². The van der Waals surface area contributed by atoms with E-state index in [1.165, 1.54) is 6.20 Å². The van der Waals surface area contributed by atoms with E-state index in [0.29, 0.717) is 16.3 Å². The van der Waals surface area contributed by atoms with Crippen LogP contribution in [0.1, 0.15) is 27.2 Å². The van der Waals surface area contributed by atoms with Crippen LogP contribution in [0.5, 0.6) is 5.75 Å². The van der Waals surface area contributed by atoms with Gasteiger partial charge in [-0.1, -0.05) is 29.8 Å². The summed E-state index contributed by atoms with van der Waals surface area (Å²) in [7, 11) is 0. The minimum atomic E-state index is -0.434. The van der Waals surface area contributed by atoms with Crippen LogP contribution in [0.2, 0.25) is 5.02 Å². The third-order valence-electron chi connectivity index (χ3n) is 3.85. The Bertz CT molecular complexity index is 878. The first-order valence-electron chi connectivity index (χ1n) is 7.56. The van der Waals surface area contributed by atoms with Crippen LogP contribution in [0.3, 0.4) is 0 Å². The van der Waals surface area contributed by atoms with Gasteiger partial charge in [0.1, 0.15) is 11.3 Å². The molecule has 3 rings (SSSR count). The molecular weight excluding hydrogens is 324 g/mol. The maximum absolute atomic E-state index is 12.5. The molecule has 1 aromatic heterocycles. The molecule has 0 aliphatic heterocycles. The number of aromatic nitrogens is 2. The van der Waals surface area contributed by atoms with Crippen molar-refractivity contribution in [1.82, 2.24) is 9.78 Å². The Kier molecular flexibility index (Phi) is 4.40. The summed E-state index contributed by atoms with van der Waals surface area (Å²) < 4.78 is 7.21. The van der Waals surface area contributed by atoms with Gasteiger partial charge >= 0.3 is 5.97 Å². The lowest BCUT2D eigenvalue weighted by Gasteiger charge is -2.09. The zero-order valence-electron chi connectivity index (χ0n) is 13.7. The van der Waals surface area contributed by atoms with Crippen molar-refractivity contribution in [1.29, 1.82) is 0 Å². The Morgan fingerprint density at radius 3 is 2.33 bits per heavy atom. The van der Waals surface area contributed by atoms with Gasteiger partial charge in [0.2, 0.25) is 0 Å². The lowest BCUT2D eigenvalue weighted by Crippen LogP contribution is -2.10. The second-order valence-electron chi connectivity index (χ2n) is 5.65. The zero-order valence-corrected chi connectivity index (χ0v) is 14.5. The summed E-state index contributed by atoms with van der Waals surface area (Å²) in [5, 5.41) is 4.98. The van der Waals surface area contributed by atoms with Crippen LogP contribution in [0.25, 0.3) is 5.69 Å². The predicted octanol–water partition coefficient (Wildman–Crippen LogP) is 4.67. The quantitative estimate of drug-likeness (QED) is 0.514. The summed E-state index contributed by atoms with van der Waals surface area (Å²) in [5.41, 5.74) is 3.80. The summed E-state index contributed by atoms with van der Waals surface area (Å²) >= 11 is 6.15. The number of hydrogen-bond donors (Lipinski definition) is 0. The van der Waals surface area contributed by atoms with Crippen LogP contribution in [0, 0.1) is 20.8 Å². The summed E-state index contributed by atoms with van der Waals surface area (Å²) in [6.07, 6.45) is 1.53. The summed E-state index contributed by atoms with van der Waals surface area (Å²) in [6.45, 7) is 5.60. The number of nitrogens with zero attached hydrogens (tertiary/aromatic N) is 2. The number of benzene rings is 2. The third-order valence-corrected chi connectivity index (χ3v) is 4.45. The molecule has 2 aromatic carbocycles. The SMILES string of the molecule is Cc1cc(OC(=O)c2cnn(-c3ccccc3)c2C)cc(C)c1Cl. The second-order valence-corrected chi connectivity index (χ2v) is 6.03. The molecule has 122 valence electrons. The van der Waals surface area contributed by atoms with Crippen LogP contribution < -0.4 is 4.74 Å². The summed E-state index contributed by atoms with van der Waals surface area (Å²) in [6, 6.07) is 13.2. The van der Waals surface area contributed by atoms with E-state index in [-0.39, 0.29) is 0 Å². The Hall–Kier alpha value is -2.59. The van der Waals surface area contributed by atoms with Gasteiger partial charge in [0.15, 0.2) is 0 Å². The molecular formula is C19H17ClN2O2. The maximum atomic E-state index is 12.5. The number of halogens is 1. The molecule has 0 saturated carbocycles. The molecule has 24 heavy (non-hydrogen) atoms. The van der Waals surface area contributed by atoms with Crippen molar-refractivity contribution in [2.24, 2.45) is 0 Å². The number of esters is 1. The highest BCUT2D eigenvalue weighted by Crippen LogP contribution is 2.26. The van der Waals surface area contributed by atoms with E-state index in [4.69, 9.17) is 16.3 Å². The number of para-hydroxylation sites is 1. The van der Waals surface area contributed by atoms with Crippen molar-refractivity contribution in [2.75, 3.05) is 0 Å². The first kappa shape index (κ1) is 16.3. The van der Waals surface area contributed by atoms with Gasteiger partial charge in [-0.05, 0) is 56.2 Å². The number of aryl methyl sites for hydroxylation is 2. The van der Waals surface area contributed by atoms with Gasteiger partial charge in [-0.3, -0.25) is 0 Å². The number of carbonyl (C=O) groups excluding carboxylic acids is 1. The number of hydrogen-bond acceptors (Lipinski definition) is 3. The normalized spacial score (nSPS) is 10.7. The number of rotatable bonds is 3. The van der Waals surface area contributed by atoms with Crippen molar-refractivity contribution in [2.45, 2.75) is 20.8 Å². The van der Waals surface area contributed by atoms with Crippen LogP contribution in [0.15, 0.2) is 48.7 Å². The van der Waals surface area contributed by atoms with Crippen molar-refractivity contribution in [3.05, 3.63) is 76.1 Å². The van der Waals surface area contributed by atoms with Gasteiger partial charge in [0.25, 0.3) is 0 Å². The Labute approximate surface area is 145 Å². The number of ether oxygens (including phenoxy) is 1. The molecule has 1 heterocycles. The molecule has 3 aromatic rings. The molecule has 0 atom stereocenters. The van der Waals surface area contributed by atoms with Gasteiger partial charge in [0, 0.05) is 5.02 Å². The van der Waals surface area contributed by atoms with E-state index in [2.05, 4.69) is 5.10 Å². The van der Waals surface area contributed by atoms with Crippen molar-refractivity contribution < 1.29 is 9.53 Å². The van der Waals surface area contributed by atoms with Gasteiger partial charge in [-0.25, -0.2) is 9.48 Å². The molecule has 0 radical (unpaired) electrons. The standard InChI is InChI=1S/C19H17ClN2O2/c1-12-9-16(10-13(2)18(12)20)24-19(23)17-11-21-22(14(17)3)15-7-5-4-6-8-15/h4-11H,1-3H3. The molecule has 0 aliphatic rings. The van der Waals surface area contributed by atoms with Crippen LogP contribution in [-0.4, -0.2) is 15.7 Å². The van der Waals surface area contributed by atoms with Gasteiger partial charge in [0.05, 0.1) is 17.6 Å². The molecule has 4 nitrogen and oxygen atoms in total. The fourth-order valence-electron chi connectivity index (χ4n) is 2.57. The molecule has 0 N–H and O–H groups in total. The molecule has 0 unspecified atom stereocenters. The molecule has 0 spiro atoms. The fourth-order valence-corrected chi connectivity index (χ4v) is 2.68. The van der Waals surface area contributed by atoms with Crippen LogP contribution in [0.4, 0.5) is 0 Å². The third kappa shape index (κ3) is 3.05. The lowest BCUT2D eigenvalue weighted by atomic mass is 10.1. The minimum Gasteiger partial charge on any atom is -0.423 e. The first-order chi connectivity index (χ1) is 11.5. The van der Waals surface area contributed by atoms with Crippen molar-refractivity contribution in [3.63, 3.8) is 0 Å². The molecule has 0 aliphatic carbocycles. The molecule has 0 saturated heterocycles. The highest BCUT2D eigenvalue weighted by molar-refractivity contribution is 6.32. The Balaban J connectivity index is 1.88. The largest absolute Gasteiger partial charge is 0.423 e. The maximum Gasteiger partial charge on any atom is 0.347 e. The fraction of sp³-hybridized carbons (Fsp3) is 0.158. The molecule has 5 heteroatoms. The lowest BCUT2D eigenvalue weighted by molar-refractivity contribution is 0.0734. The van der Waals surface area contributed by atoms with Gasteiger partial charge in [-0.15, -0.1) is 0 Å². The van der Waals surface area contributed by atoms with Crippen molar-refractivity contribution in [3.8, 4) is 11.4 Å². The van der Waals surface area contributed by atoms with Crippen molar-refractivity contribution >= 4 is 17.6 Å².